The second-order valence-electron chi connectivity index (χ2n) is 3.59. The van der Waals surface area contributed by atoms with Crippen molar-refractivity contribution in [1.29, 1.82) is 5.26 Å². The SMILES string of the molecule is N#Cc1cc(Oc2ccccc2OC(F)(F)F)ccn1. The van der Waals surface area contributed by atoms with Crippen molar-refractivity contribution in [3.8, 4) is 23.3 Å². The zero-order valence-corrected chi connectivity index (χ0v) is 9.89. The van der Waals surface area contributed by atoms with Crippen molar-refractivity contribution in [2.24, 2.45) is 0 Å². The van der Waals surface area contributed by atoms with Gasteiger partial charge in [0.25, 0.3) is 0 Å². The van der Waals surface area contributed by atoms with Crippen LogP contribution in [0.1, 0.15) is 5.69 Å². The van der Waals surface area contributed by atoms with Gasteiger partial charge in [-0.2, -0.15) is 5.26 Å². The molecular weight excluding hydrogens is 273 g/mol. The summed E-state index contributed by atoms with van der Waals surface area (Å²) in [4.78, 5) is 3.73. The highest BCUT2D eigenvalue weighted by Crippen LogP contribution is 2.34. The van der Waals surface area contributed by atoms with E-state index in [2.05, 4.69) is 9.72 Å². The quantitative estimate of drug-likeness (QED) is 0.861. The molecule has 4 nitrogen and oxygen atoms in total. The lowest BCUT2D eigenvalue weighted by Gasteiger charge is -2.13. The average Bonchev–Trinajstić information content (AvgIpc) is 2.40. The summed E-state index contributed by atoms with van der Waals surface area (Å²) in [6.07, 6.45) is -3.49. The van der Waals surface area contributed by atoms with E-state index in [1.165, 1.54) is 36.5 Å². The number of aromatic nitrogens is 1. The molecule has 0 atom stereocenters. The van der Waals surface area contributed by atoms with Gasteiger partial charge in [-0.1, -0.05) is 12.1 Å². The molecule has 7 heteroatoms. The molecule has 0 bridgehead atoms. The van der Waals surface area contributed by atoms with Crippen molar-refractivity contribution in [3.63, 3.8) is 0 Å². The number of rotatable bonds is 3. The summed E-state index contributed by atoms with van der Waals surface area (Å²) in [5, 5.41) is 8.69. The number of para-hydroxylation sites is 2. The van der Waals surface area contributed by atoms with Crippen molar-refractivity contribution in [2.45, 2.75) is 6.36 Å². The Morgan fingerprint density at radius 2 is 1.80 bits per heavy atom. The first-order valence-electron chi connectivity index (χ1n) is 5.37. The Balaban J connectivity index is 2.27. The molecule has 0 radical (unpaired) electrons. The molecule has 2 rings (SSSR count). The van der Waals surface area contributed by atoms with Crippen molar-refractivity contribution < 1.29 is 22.6 Å². The van der Waals surface area contributed by atoms with Crippen LogP contribution in [-0.4, -0.2) is 11.3 Å². The van der Waals surface area contributed by atoms with E-state index in [1.807, 2.05) is 0 Å². The van der Waals surface area contributed by atoms with Crippen molar-refractivity contribution in [3.05, 3.63) is 48.3 Å². The lowest BCUT2D eigenvalue weighted by atomic mass is 10.3. The van der Waals surface area contributed by atoms with Crippen LogP contribution in [0.25, 0.3) is 0 Å². The van der Waals surface area contributed by atoms with Crippen LogP contribution in [0.5, 0.6) is 17.2 Å². The fourth-order valence-electron chi connectivity index (χ4n) is 1.41. The third kappa shape index (κ3) is 3.62. The summed E-state index contributed by atoms with van der Waals surface area (Å²) in [5.74, 6) is -0.384. The van der Waals surface area contributed by atoms with Gasteiger partial charge < -0.3 is 9.47 Å². The molecule has 0 unspecified atom stereocenters. The monoisotopic (exact) mass is 280 g/mol. The molecule has 1 aromatic carbocycles. The van der Waals surface area contributed by atoms with Gasteiger partial charge in [-0.3, -0.25) is 0 Å². The minimum Gasteiger partial charge on any atom is -0.453 e. The fraction of sp³-hybridized carbons (Fsp3) is 0.0769. The van der Waals surface area contributed by atoms with Crippen LogP contribution >= 0.6 is 0 Å². The van der Waals surface area contributed by atoms with Gasteiger partial charge in [-0.05, 0) is 18.2 Å². The molecule has 20 heavy (non-hydrogen) atoms. The summed E-state index contributed by atoms with van der Waals surface area (Å²) in [7, 11) is 0. The van der Waals surface area contributed by atoms with Crippen LogP contribution in [0.15, 0.2) is 42.6 Å². The first-order valence-corrected chi connectivity index (χ1v) is 5.37. The van der Waals surface area contributed by atoms with E-state index in [0.717, 1.165) is 6.07 Å². The fourth-order valence-corrected chi connectivity index (χ4v) is 1.41. The minimum atomic E-state index is -4.81. The largest absolute Gasteiger partial charge is 0.573 e. The predicted molar refractivity (Wildman–Crippen MR) is 62.2 cm³/mol. The van der Waals surface area contributed by atoms with Gasteiger partial charge in [0.1, 0.15) is 17.5 Å². The molecule has 0 aliphatic carbocycles. The van der Waals surface area contributed by atoms with E-state index in [-0.39, 0.29) is 17.2 Å². The number of nitrogens with zero attached hydrogens (tertiary/aromatic N) is 2. The number of alkyl halides is 3. The van der Waals surface area contributed by atoms with E-state index in [0.29, 0.717) is 0 Å². The number of hydrogen-bond acceptors (Lipinski definition) is 4. The molecule has 1 heterocycles. The molecule has 0 saturated heterocycles. The number of hydrogen-bond donors (Lipinski definition) is 0. The summed E-state index contributed by atoms with van der Waals surface area (Å²) >= 11 is 0. The lowest BCUT2D eigenvalue weighted by molar-refractivity contribution is -0.275. The van der Waals surface area contributed by atoms with Crippen LogP contribution < -0.4 is 9.47 Å². The Morgan fingerprint density at radius 1 is 1.10 bits per heavy atom. The maximum absolute atomic E-state index is 12.2. The molecule has 0 fully saturated rings. The maximum atomic E-state index is 12.2. The smallest absolute Gasteiger partial charge is 0.453 e. The second kappa shape index (κ2) is 5.48. The zero-order valence-electron chi connectivity index (χ0n) is 9.89. The minimum absolute atomic E-state index is 0.0942. The Hall–Kier alpha value is -2.75. The van der Waals surface area contributed by atoms with Crippen LogP contribution in [0.4, 0.5) is 13.2 Å². The highest BCUT2D eigenvalue weighted by molar-refractivity contribution is 5.43. The third-order valence-electron chi connectivity index (χ3n) is 2.15. The molecule has 2 aromatic rings. The number of benzene rings is 1. The predicted octanol–water partition coefficient (Wildman–Crippen LogP) is 3.64. The van der Waals surface area contributed by atoms with Gasteiger partial charge in [0.05, 0.1) is 0 Å². The van der Waals surface area contributed by atoms with Gasteiger partial charge in [-0.15, -0.1) is 13.2 Å². The van der Waals surface area contributed by atoms with Crippen LogP contribution in [-0.2, 0) is 0 Å². The van der Waals surface area contributed by atoms with Gasteiger partial charge >= 0.3 is 6.36 Å². The summed E-state index contributed by atoms with van der Waals surface area (Å²) < 4.78 is 45.9. The van der Waals surface area contributed by atoms with E-state index >= 15 is 0 Å². The van der Waals surface area contributed by atoms with Gasteiger partial charge in [-0.25, -0.2) is 4.98 Å². The number of halogens is 3. The van der Waals surface area contributed by atoms with E-state index in [9.17, 15) is 13.2 Å². The molecule has 0 amide bonds. The van der Waals surface area contributed by atoms with Crippen molar-refractivity contribution in [2.75, 3.05) is 0 Å². The number of nitriles is 1. The maximum Gasteiger partial charge on any atom is 0.573 e. The molecule has 0 spiro atoms. The first-order chi connectivity index (χ1) is 9.48. The topological polar surface area (TPSA) is 55.1 Å². The number of pyridine rings is 1. The van der Waals surface area contributed by atoms with Crippen molar-refractivity contribution >= 4 is 0 Å². The van der Waals surface area contributed by atoms with Crippen LogP contribution in [0.2, 0.25) is 0 Å². The Kier molecular flexibility index (Phi) is 3.75. The Bertz CT molecular complexity index is 651. The molecule has 102 valence electrons. The van der Waals surface area contributed by atoms with Gasteiger partial charge in [0, 0.05) is 12.3 Å². The molecular formula is C13H7F3N2O2. The first kappa shape index (κ1) is 13.7. The van der Waals surface area contributed by atoms with Gasteiger partial charge in [0.15, 0.2) is 11.5 Å². The Labute approximate surface area is 112 Å². The molecule has 0 saturated carbocycles. The molecule has 0 aliphatic rings. The van der Waals surface area contributed by atoms with Crippen LogP contribution in [0.3, 0.4) is 0 Å². The van der Waals surface area contributed by atoms with E-state index in [1.54, 1.807) is 6.07 Å². The second-order valence-corrected chi connectivity index (χ2v) is 3.59. The average molecular weight is 280 g/mol. The van der Waals surface area contributed by atoms with Gasteiger partial charge in [0.2, 0.25) is 0 Å². The highest BCUT2D eigenvalue weighted by atomic mass is 19.4. The summed E-state index contributed by atoms with van der Waals surface area (Å²) in [6, 6.07) is 9.89. The van der Waals surface area contributed by atoms with Crippen LogP contribution in [0, 0.1) is 11.3 Å². The number of ether oxygens (including phenoxy) is 2. The molecule has 0 aliphatic heterocycles. The summed E-state index contributed by atoms with van der Waals surface area (Å²) in [5.41, 5.74) is 0.0942. The van der Waals surface area contributed by atoms with E-state index < -0.39 is 12.1 Å². The standard InChI is InChI=1S/C13H7F3N2O2/c14-13(15,16)20-12-4-2-1-3-11(12)19-10-5-6-18-9(7-10)8-17/h1-7H. The third-order valence-corrected chi connectivity index (χ3v) is 2.15. The molecule has 0 N–H and O–H groups in total. The highest BCUT2D eigenvalue weighted by Gasteiger charge is 2.32. The van der Waals surface area contributed by atoms with E-state index in [4.69, 9.17) is 10.00 Å². The molecule has 1 aromatic heterocycles. The zero-order chi connectivity index (χ0) is 14.6. The normalized spacial score (nSPS) is 10.7. The Morgan fingerprint density at radius 3 is 2.45 bits per heavy atom. The van der Waals surface area contributed by atoms with Crippen molar-refractivity contribution in [1.82, 2.24) is 4.98 Å². The summed E-state index contributed by atoms with van der Waals surface area (Å²) in [6.45, 7) is 0. The lowest BCUT2D eigenvalue weighted by Crippen LogP contribution is -2.17.